The van der Waals surface area contributed by atoms with Crippen molar-refractivity contribution in [2.75, 3.05) is 27.3 Å². The van der Waals surface area contributed by atoms with E-state index in [1.54, 1.807) is 14.2 Å². The lowest BCUT2D eigenvalue weighted by Gasteiger charge is -2.27. The number of hydrogen-bond acceptors (Lipinski definition) is 5. The van der Waals surface area contributed by atoms with Crippen molar-refractivity contribution < 1.29 is 14.6 Å². The highest BCUT2D eigenvalue weighted by molar-refractivity contribution is 5.41. The highest BCUT2D eigenvalue weighted by atomic mass is 16.5. The molecule has 1 aliphatic heterocycles. The van der Waals surface area contributed by atoms with Gasteiger partial charge in [-0.25, -0.2) is 0 Å². The number of aliphatic hydroxyl groups excluding tert-OH is 1. The maximum atomic E-state index is 10.8. The minimum absolute atomic E-state index is 0.310. The molecule has 130 valence electrons. The van der Waals surface area contributed by atoms with Crippen LogP contribution in [0.2, 0.25) is 0 Å². The number of aryl methyl sites for hydroxylation is 1. The highest BCUT2D eigenvalue weighted by Gasteiger charge is 2.29. The number of β-amino-alcohol motifs (C(OH)–C–C–N with tert-alkyl or cyclic N) is 1. The Hall–Kier alpha value is -2.05. The number of aliphatic hydroxyl groups is 1. The van der Waals surface area contributed by atoms with Crippen LogP contribution in [0.4, 0.5) is 0 Å². The second-order valence-electron chi connectivity index (χ2n) is 6.22. The second-order valence-corrected chi connectivity index (χ2v) is 6.22. The molecule has 1 saturated heterocycles. The zero-order chi connectivity index (χ0) is 17.1. The van der Waals surface area contributed by atoms with Gasteiger partial charge in [0.05, 0.1) is 26.5 Å². The van der Waals surface area contributed by atoms with E-state index in [1.165, 1.54) is 5.56 Å². The third-order valence-corrected chi connectivity index (χ3v) is 4.68. The van der Waals surface area contributed by atoms with Gasteiger partial charge in [-0.1, -0.05) is 0 Å². The van der Waals surface area contributed by atoms with Gasteiger partial charge >= 0.3 is 0 Å². The number of nitrogens with zero attached hydrogens (tertiary/aromatic N) is 3. The number of ether oxygens (including phenoxy) is 2. The van der Waals surface area contributed by atoms with Crippen LogP contribution in [0.5, 0.6) is 11.5 Å². The lowest BCUT2D eigenvalue weighted by atomic mass is 10.1. The summed E-state index contributed by atoms with van der Waals surface area (Å²) in [7, 11) is 5.17. The monoisotopic (exact) mass is 331 g/mol. The number of rotatable bonds is 6. The first-order valence-electron chi connectivity index (χ1n) is 8.25. The van der Waals surface area contributed by atoms with Crippen LogP contribution in [0, 0.1) is 0 Å². The minimum Gasteiger partial charge on any atom is -0.497 e. The predicted octanol–water partition coefficient (Wildman–Crippen LogP) is 2.31. The van der Waals surface area contributed by atoms with E-state index in [4.69, 9.17) is 9.47 Å². The molecule has 2 aromatic rings. The van der Waals surface area contributed by atoms with E-state index in [1.807, 2.05) is 36.1 Å². The summed E-state index contributed by atoms with van der Waals surface area (Å²) in [6.45, 7) is 1.53. The summed E-state index contributed by atoms with van der Waals surface area (Å²) >= 11 is 0. The Labute approximate surface area is 142 Å². The summed E-state index contributed by atoms with van der Waals surface area (Å²) in [6, 6.07) is 5.83. The van der Waals surface area contributed by atoms with E-state index >= 15 is 0 Å². The van der Waals surface area contributed by atoms with Crippen LogP contribution >= 0.6 is 0 Å². The number of hydrogen-bond donors (Lipinski definition) is 1. The Morgan fingerprint density at radius 3 is 2.83 bits per heavy atom. The third-order valence-electron chi connectivity index (χ3n) is 4.68. The Morgan fingerprint density at radius 1 is 1.33 bits per heavy atom. The average Bonchev–Trinajstić information content (AvgIpc) is 3.22. The third kappa shape index (κ3) is 3.39. The van der Waals surface area contributed by atoms with Crippen molar-refractivity contribution in [3.63, 3.8) is 0 Å². The zero-order valence-electron chi connectivity index (χ0n) is 14.5. The molecule has 1 aliphatic rings. The lowest BCUT2D eigenvalue weighted by molar-refractivity contribution is 0.104. The lowest BCUT2D eigenvalue weighted by Crippen LogP contribution is -2.28. The fourth-order valence-corrected chi connectivity index (χ4v) is 3.45. The van der Waals surface area contributed by atoms with Crippen LogP contribution in [0.15, 0.2) is 30.6 Å². The summed E-state index contributed by atoms with van der Waals surface area (Å²) < 4.78 is 12.5. The fourth-order valence-electron chi connectivity index (χ4n) is 3.45. The van der Waals surface area contributed by atoms with Crippen molar-refractivity contribution in [1.29, 1.82) is 0 Å². The Bertz CT molecular complexity index is 686. The molecule has 24 heavy (non-hydrogen) atoms. The molecule has 6 heteroatoms. The van der Waals surface area contributed by atoms with Crippen molar-refractivity contribution in [3.8, 4) is 11.5 Å². The van der Waals surface area contributed by atoms with Crippen molar-refractivity contribution in [3.05, 3.63) is 41.7 Å². The molecule has 0 aliphatic carbocycles. The molecule has 1 N–H and O–H groups in total. The summed E-state index contributed by atoms with van der Waals surface area (Å²) in [5, 5.41) is 15.1. The Balaban J connectivity index is 1.77. The highest BCUT2D eigenvalue weighted by Crippen LogP contribution is 2.35. The van der Waals surface area contributed by atoms with Gasteiger partial charge in [0.25, 0.3) is 0 Å². The van der Waals surface area contributed by atoms with Crippen molar-refractivity contribution >= 4 is 0 Å². The predicted molar refractivity (Wildman–Crippen MR) is 91.3 cm³/mol. The van der Waals surface area contributed by atoms with Crippen molar-refractivity contribution in [1.82, 2.24) is 14.7 Å². The largest absolute Gasteiger partial charge is 0.497 e. The first kappa shape index (κ1) is 16.8. The first-order valence-corrected chi connectivity index (χ1v) is 8.25. The van der Waals surface area contributed by atoms with Gasteiger partial charge in [0.2, 0.25) is 0 Å². The van der Waals surface area contributed by atoms with Gasteiger partial charge in [0.15, 0.2) is 0 Å². The second kappa shape index (κ2) is 7.23. The molecule has 0 spiro atoms. The van der Waals surface area contributed by atoms with E-state index in [2.05, 4.69) is 16.2 Å². The molecular formula is C18H25N3O3. The van der Waals surface area contributed by atoms with Crippen LogP contribution in [0.1, 0.15) is 36.1 Å². The normalized spacial score (nSPS) is 19.4. The molecule has 0 saturated carbocycles. The number of benzene rings is 1. The van der Waals surface area contributed by atoms with Gasteiger partial charge in [-0.05, 0) is 37.6 Å². The molecule has 0 bridgehead atoms. The molecule has 0 radical (unpaired) electrons. The SMILES string of the molecule is COc1ccc(OC)c([C@H](O)CN2CCC[C@@H]2c2cnn(C)c2)c1. The van der Waals surface area contributed by atoms with E-state index in [-0.39, 0.29) is 0 Å². The molecule has 0 amide bonds. The standard InChI is InChI=1S/C18H25N3O3/c1-20-11-13(10-19-20)16-5-4-8-21(16)12-17(22)15-9-14(23-2)6-7-18(15)24-3/h6-7,9-11,16-17,22H,4-5,8,12H2,1-3H3/t16-,17-/m1/s1. The number of aromatic nitrogens is 2. The van der Waals surface area contributed by atoms with Gasteiger partial charge in [0, 0.05) is 37.0 Å². The van der Waals surface area contributed by atoms with Crippen molar-refractivity contribution in [2.24, 2.45) is 7.05 Å². The molecule has 6 nitrogen and oxygen atoms in total. The van der Waals surface area contributed by atoms with E-state index in [0.717, 1.165) is 30.7 Å². The summed E-state index contributed by atoms with van der Waals surface area (Å²) in [5.41, 5.74) is 1.97. The maximum absolute atomic E-state index is 10.8. The van der Waals surface area contributed by atoms with E-state index < -0.39 is 6.10 Å². The molecule has 1 fully saturated rings. The maximum Gasteiger partial charge on any atom is 0.124 e. The molecule has 1 aromatic carbocycles. The van der Waals surface area contributed by atoms with E-state index in [0.29, 0.717) is 18.3 Å². The minimum atomic E-state index is -0.632. The quantitative estimate of drug-likeness (QED) is 0.880. The summed E-state index contributed by atoms with van der Waals surface area (Å²) in [4.78, 5) is 2.32. The molecule has 2 atom stereocenters. The van der Waals surface area contributed by atoms with Crippen LogP contribution in [-0.2, 0) is 7.05 Å². The van der Waals surface area contributed by atoms with Crippen LogP contribution < -0.4 is 9.47 Å². The Morgan fingerprint density at radius 2 is 2.17 bits per heavy atom. The topological polar surface area (TPSA) is 59.8 Å². The molecule has 2 heterocycles. The summed E-state index contributed by atoms with van der Waals surface area (Å²) in [5.74, 6) is 1.40. The van der Waals surface area contributed by atoms with Gasteiger partial charge in [-0.15, -0.1) is 0 Å². The van der Waals surface area contributed by atoms with E-state index in [9.17, 15) is 5.11 Å². The molecule has 0 unspecified atom stereocenters. The summed E-state index contributed by atoms with van der Waals surface area (Å²) in [6.07, 6.45) is 5.56. The number of likely N-dealkylation sites (tertiary alicyclic amines) is 1. The van der Waals surface area contributed by atoms with Crippen LogP contribution in [0.3, 0.4) is 0 Å². The molecule has 3 rings (SSSR count). The Kier molecular flexibility index (Phi) is 5.06. The van der Waals surface area contributed by atoms with Gasteiger partial charge in [-0.2, -0.15) is 5.10 Å². The smallest absolute Gasteiger partial charge is 0.124 e. The van der Waals surface area contributed by atoms with Gasteiger partial charge in [0.1, 0.15) is 11.5 Å². The first-order chi connectivity index (χ1) is 11.6. The molecule has 1 aromatic heterocycles. The van der Waals surface area contributed by atoms with Crippen LogP contribution in [-0.4, -0.2) is 47.1 Å². The molecular weight excluding hydrogens is 306 g/mol. The zero-order valence-corrected chi connectivity index (χ0v) is 14.5. The van der Waals surface area contributed by atoms with Gasteiger partial charge in [-0.3, -0.25) is 9.58 Å². The fraction of sp³-hybridized carbons (Fsp3) is 0.500. The van der Waals surface area contributed by atoms with Gasteiger partial charge < -0.3 is 14.6 Å². The average molecular weight is 331 g/mol. The van der Waals surface area contributed by atoms with Crippen molar-refractivity contribution in [2.45, 2.75) is 25.0 Å². The van der Waals surface area contributed by atoms with Crippen LogP contribution in [0.25, 0.3) is 0 Å². The number of methoxy groups -OCH3 is 2.